The second-order valence-electron chi connectivity index (χ2n) is 5.85. The highest BCUT2D eigenvalue weighted by atomic mass is 35.5. The normalized spacial score (nSPS) is 18.8. The Bertz CT molecular complexity index is 485. The summed E-state index contributed by atoms with van der Waals surface area (Å²) in [7, 11) is 0. The number of phenolic OH excluding ortho intramolecular Hbond substituents is 1. The van der Waals surface area contributed by atoms with Crippen LogP contribution in [0.15, 0.2) is 24.3 Å². The van der Waals surface area contributed by atoms with E-state index >= 15 is 0 Å². The van der Waals surface area contributed by atoms with Crippen molar-refractivity contribution < 1.29 is 9.90 Å². The third kappa shape index (κ3) is 4.90. The van der Waals surface area contributed by atoms with Crippen molar-refractivity contribution in [3.8, 4) is 5.75 Å². The number of piperidine rings is 1. The minimum atomic E-state index is 0. The summed E-state index contributed by atoms with van der Waals surface area (Å²) in [6.07, 6.45) is 1.94. The summed E-state index contributed by atoms with van der Waals surface area (Å²) in [5, 5.41) is 12.6. The van der Waals surface area contributed by atoms with E-state index in [1.54, 1.807) is 12.1 Å². The zero-order valence-electron chi connectivity index (χ0n) is 13.1. The average Bonchev–Trinajstić information content (AvgIpc) is 2.56. The molecule has 0 aliphatic carbocycles. The van der Waals surface area contributed by atoms with Gasteiger partial charge in [-0.25, -0.2) is 0 Å². The first-order valence-electron chi connectivity index (χ1n) is 7.77. The lowest BCUT2D eigenvalue weighted by molar-refractivity contribution is -0.136. The van der Waals surface area contributed by atoms with Gasteiger partial charge >= 0.3 is 0 Å². The van der Waals surface area contributed by atoms with Crippen LogP contribution < -0.4 is 10.2 Å². The Hall–Kier alpha value is -1.17. The zero-order valence-corrected chi connectivity index (χ0v) is 14.7. The third-order valence-electron chi connectivity index (χ3n) is 4.49. The number of rotatable bonds is 2. The van der Waals surface area contributed by atoms with Gasteiger partial charge in [0, 0.05) is 37.8 Å². The Kier molecular flexibility index (Phi) is 7.95. The number of benzene rings is 1. The molecule has 2 N–H and O–H groups in total. The fourth-order valence-electron chi connectivity index (χ4n) is 3.18. The lowest BCUT2D eigenvalue weighted by Crippen LogP contribution is -2.51. The second-order valence-corrected chi connectivity index (χ2v) is 5.85. The van der Waals surface area contributed by atoms with Gasteiger partial charge in [-0.1, -0.05) is 0 Å². The van der Waals surface area contributed by atoms with Gasteiger partial charge in [0.1, 0.15) is 5.75 Å². The van der Waals surface area contributed by atoms with Crippen LogP contribution in [0.4, 0.5) is 5.69 Å². The monoisotopic (exact) mass is 361 g/mol. The molecule has 0 aromatic heterocycles. The van der Waals surface area contributed by atoms with E-state index in [1.165, 1.54) is 0 Å². The zero-order chi connectivity index (χ0) is 14.7. The largest absolute Gasteiger partial charge is 0.508 e. The number of piperazine rings is 1. The molecule has 1 amide bonds. The Balaban J connectivity index is 0.00000132. The number of carbonyl (C=O) groups is 1. The van der Waals surface area contributed by atoms with Crippen molar-refractivity contribution >= 4 is 36.4 Å². The second kappa shape index (κ2) is 9.21. The highest BCUT2D eigenvalue weighted by molar-refractivity contribution is 5.85. The van der Waals surface area contributed by atoms with Crippen molar-refractivity contribution in [2.24, 2.45) is 5.92 Å². The fraction of sp³-hybridized carbons (Fsp3) is 0.562. The minimum Gasteiger partial charge on any atom is -0.508 e. The summed E-state index contributed by atoms with van der Waals surface area (Å²) < 4.78 is 0. The van der Waals surface area contributed by atoms with Gasteiger partial charge in [0.05, 0.1) is 0 Å². The van der Waals surface area contributed by atoms with Gasteiger partial charge in [-0.2, -0.15) is 0 Å². The summed E-state index contributed by atoms with van der Waals surface area (Å²) >= 11 is 0. The van der Waals surface area contributed by atoms with E-state index in [2.05, 4.69) is 10.2 Å². The minimum absolute atomic E-state index is 0. The number of hydrogen-bond acceptors (Lipinski definition) is 4. The summed E-state index contributed by atoms with van der Waals surface area (Å²) in [6, 6.07) is 7.28. The molecule has 2 aliphatic rings. The van der Waals surface area contributed by atoms with Gasteiger partial charge < -0.3 is 20.2 Å². The van der Waals surface area contributed by atoms with Crippen LogP contribution in [0.2, 0.25) is 0 Å². The van der Waals surface area contributed by atoms with E-state index in [4.69, 9.17) is 0 Å². The van der Waals surface area contributed by atoms with Crippen LogP contribution in [0.1, 0.15) is 12.8 Å². The van der Waals surface area contributed by atoms with E-state index < -0.39 is 0 Å². The lowest BCUT2D eigenvalue weighted by Gasteiger charge is -2.38. The van der Waals surface area contributed by atoms with Crippen molar-refractivity contribution in [1.82, 2.24) is 10.2 Å². The molecule has 0 spiro atoms. The first kappa shape index (κ1) is 19.9. The Morgan fingerprint density at radius 1 is 1.00 bits per heavy atom. The number of amides is 1. The SMILES string of the molecule is Cl.Cl.O=C(C1CCNCC1)N1CCN(c2ccc(O)cc2)CC1. The number of nitrogens with zero attached hydrogens (tertiary/aromatic N) is 2. The molecule has 7 heteroatoms. The predicted molar refractivity (Wildman–Crippen MR) is 97.0 cm³/mol. The summed E-state index contributed by atoms with van der Waals surface area (Å²) in [5.41, 5.74) is 1.11. The van der Waals surface area contributed by atoms with E-state index in [-0.39, 0.29) is 30.7 Å². The number of hydrogen-bond donors (Lipinski definition) is 2. The molecule has 2 fully saturated rings. The molecule has 0 radical (unpaired) electrons. The third-order valence-corrected chi connectivity index (χ3v) is 4.49. The summed E-state index contributed by atoms with van der Waals surface area (Å²) in [4.78, 5) is 16.8. The molecule has 0 atom stereocenters. The topological polar surface area (TPSA) is 55.8 Å². The standard InChI is InChI=1S/C16H23N3O2.2ClH/c20-15-3-1-14(2-4-15)18-9-11-19(12-10-18)16(21)13-5-7-17-8-6-13;;/h1-4,13,17,20H,5-12H2;2*1H. The van der Waals surface area contributed by atoms with Crippen molar-refractivity contribution in [2.45, 2.75) is 12.8 Å². The maximum atomic E-state index is 12.5. The van der Waals surface area contributed by atoms with E-state index in [9.17, 15) is 9.90 Å². The molecule has 0 unspecified atom stereocenters. The molecule has 2 heterocycles. The van der Waals surface area contributed by atoms with Crippen LogP contribution in [0, 0.1) is 5.92 Å². The van der Waals surface area contributed by atoms with Crippen LogP contribution in [0.3, 0.4) is 0 Å². The first-order valence-corrected chi connectivity index (χ1v) is 7.77. The number of carbonyl (C=O) groups excluding carboxylic acids is 1. The van der Waals surface area contributed by atoms with E-state index in [1.807, 2.05) is 17.0 Å². The Labute approximate surface area is 149 Å². The predicted octanol–water partition coefficient (Wildman–Crippen LogP) is 1.88. The summed E-state index contributed by atoms with van der Waals surface area (Å²) in [5.74, 6) is 0.840. The highest BCUT2D eigenvalue weighted by Crippen LogP contribution is 2.21. The average molecular weight is 362 g/mol. The molecule has 5 nitrogen and oxygen atoms in total. The Morgan fingerprint density at radius 3 is 2.13 bits per heavy atom. The molecule has 2 aliphatic heterocycles. The van der Waals surface area contributed by atoms with Gasteiger partial charge in [0.25, 0.3) is 0 Å². The quantitative estimate of drug-likeness (QED) is 0.844. The van der Waals surface area contributed by atoms with Gasteiger partial charge in [-0.05, 0) is 50.2 Å². The van der Waals surface area contributed by atoms with Gasteiger partial charge in [-0.3, -0.25) is 4.79 Å². The van der Waals surface area contributed by atoms with Crippen molar-refractivity contribution in [1.29, 1.82) is 0 Å². The van der Waals surface area contributed by atoms with Crippen LogP contribution in [-0.4, -0.2) is 55.2 Å². The molecule has 3 rings (SSSR count). The van der Waals surface area contributed by atoms with Crippen molar-refractivity contribution in [2.75, 3.05) is 44.2 Å². The first-order chi connectivity index (χ1) is 10.2. The smallest absolute Gasteiger partial charge is 0.225 e. The molecule has 0 saturated carbocycles. The number of nitrogens with one attached hydrogen (secondary N) is 1. The maximum absolute atomic E-state index is 12.5. The van der Waals surface area contributed by atoms with E-state index in [0.717, 1.165) is 57.8 Å². The Morgan fingerprint density at radius 2 is 1.57 bits per heavy atom. The number of aromatic hydroxyl groups is 1. The molecular weight excluding hydrogens is 337 g/mol. The van der Waals surface area contributed by atoms with Crippen molar-refractivity contribution in [3.05, 3.63) is 24.3 Å². The maximum Gasteiger partial charge on any atom is 0.225 e. The molecule has 130 valence electrons. The molecule has 2 saturated heterocycles. The lowest BCUT2D eigenvalue weighted by atomic mass is 9.96. The number of anilines is 1. The van der Waals surface area contributed by atoms with Crippen LogP contribution >= 0.6 is 24.8 Å². The van der Waals surface area contributed by atoms with Gasteiger partial charge in [-0.15, -0.1) is 24.8 Å². The van der Waals surface area contributed by atoms with E-state index in [0.29, 0.717) is 11.7 Å². The van der Waals surface area contributed by atoms with Gasteiger partial charge in [0.15, 0.2) is 0 Å². The fourth-order valence-corrected chi connectivity index (χ4v) is 3.18. The summed E-state index contributed by atoms with van der Waals surface area (Å²) in [6.45, 7) is 5.24. The van der Waals surface area contributed by atoms with Crippen molar-refractivity contribution in [3.63, 3.8) is 0 Å². The van der Waals surface area contributed by atoms with Crippen LogP contribution in [0.5, 0.6) is 5.75 Å². The number of phenols is 1. The van der Waals surface area contributed by atoms with Crippen LogP contribution in [-0.2, 0) is 4.79 Å². The highest BCUT2D eigenvalue weighted by Gasteiger charge is 2.28. The molecule has 1 aromatic rings. The molecule has 1 aromatic carbocycles. The van der Waals surface area contributed by atoms with Gasteiger partial charge in [0.2, 0.25) is 5.91 Å². The molecular formula is C16H25Cl2N3O2. The molecule has 23 heavy (non-hydrogen) atoms. The van der Waals surface area contributed by atoms with Crippen LogP contribution in [0.25, 0.3) is 0 Å². The molecule has 0 bridgehead atoms. The number of halogens is 2.